The number of ether oxygens (including phenoxy) is 2. The van der Waals surface area contributed by atoms with Gasteiger partial charge < -0.3 is 9.47 Å². The normalized spacial score (nSPS) is 32.4. The molecule has 0 aromatic carbocycles. The van der Waals surface area contributed by atoms with Crippen molar-refractivity contribution in [1.29, 1.82) is 0 Å². The van der Waals surface area contributed by atoms with Crippen molar-refractivity contribution in [2.45, 2.75) is 25.7 Å². The maximum absolute atomic E-state index is 5.36. The van der Waals surface area contributed by atoms with Crippen molar-refractivity contribution >= 4 is 0 Å². The third-order valence-electron chi connectivity index (χ3n) is 1.29. The monoisotopic (exact) mass is 128 g/mol. The van der Waals surface area contributed by atoms with Gasteiger partial charge in [-0.05, 0) is 13.8 Å². The van der Waals surface area contributed by atoms with E-state index in [1.807, 2.05) is 13.8 Å². The maximum atomic E-state index is 5.36. The van der Waals surface area contributed by atoms with Crippen molar-refractivity contribution in [2.75, 3.05) is 6.61 Å². The predicted molar refractivity (Wildman–Crippen MR) is 35.1 cm³/mol. The minimum atomic E-state index is -0.404. The summed E-state index contributed by atoms with van der Waals surface area (Å²) in [5.41, 5.74) is 0. The Balaban J connectivity index is 2.47. The van der Waals surface area contributed by atoms with E-state index < -0.39 is 5.79 Å². The Kier molecular flexibility index (Phi) is 1.60. The van der Waals surface area contributed by atoms with Crippen LogP contribution in [0.4, 0.5) is 0 Å². The van der Waals surface area contributed by atoms with Crippen molar-refractivity contribution in [1.82, 2.24) is 0 Å². The average Bonchev–Trinajstić information content (AvgIpc) is 2.10. The van der Waals surface area contributed by atoms with Crippen LogP contribution in [0.5, 0.6) is 0 Å². The fourth-order valence-corrected chi connectivity index (χ4v) is 0.832. The Morgan fingerprint density at radius 3 is 2.56 bits per heavy atom. The summed E-state index contributed by atoms with van der Waals surface area (Å²) in [5, 5.41) is 0. The average molecular weight is 128 g/mol. The van der Waals surface area contributed by atoms with Gasteiger partial charge in [-0.2, -0.15) is 0 Å². The van der Waals surface area contributed by atoms with E-state index in [4.69, 9.17) is 9.47 Å². The molecule has 1 saturated heterocycles. The van der Waals surface area contributed by atoms with Crippen LogP contribution in [0.25, 0.3) is 0 Å². The molecule has 0 saturated carbocycles. The van der Waals surface area contributed by atoms with Gasteiger partial charge in [0, 0.05) is 0 Å². The summed E-state index contributed by atoms with van der Waals surface area (Å²) >= 11 is 0. The van der Waals surface area contributed by atoms with E-state index in [0.717, 1.165) is 0 Å². The summed E-state index contributed by atoms with van der Waals surface area (Å²) in [6.07, 6.45) is 1.84. The van der Waals surface area contributed by atoms with Crippen LogP contribution in [0.3, 0.4) is 0 Å². The predicted octanol–water partition coefficient (Wildman–Crippen LogP) is 1.32. The second-order valence-electron chi connectivity index (χ2n) is 2.60. The maximum Gasteiger partial charge on any atom is 0.163 e. The fraction of sp³-hybridized carbons (Fsp3) is 0.714. The molecule has 0 unspecified atom stereocenters. The van der Waals surface area contributed by atoms with Crippen molar-refractivity contribution in [3.05, 3.63) is 12.7 Å². The van der Waals surface area contributed by atoms with Gasteiger partial charge in [0.25, 0.3) is 0 Å². The van der Waals surface area contributed by atoms with E-state index in [-0.39, 0.29) is 6.10 Å². The van der Waals surface area contributed by atoms with Crippen LogP contribution in [-0.4, -0.2) is 18.5 Å². The molecule has 1 rings (SSSR count). The molecule has 1 aliphatic heterocycles. The van der Waals surface area contributed by atoms with E-state index in [1.54, 1.807) is 6.08 Å². The molecule has 1 atom stereocenters. The van der Waals surface area contributed by atoms with Crippen molar-refractivity contribution in [3.63, 3.8) is 0 Å². The Morgan fingerprint density at radius 1 is 1.67 bits per heavy atom. The van der Waals surface area contributed by atoms with Gasteiger partial charge in [0.2, 0.25) is 0 Å². The summed E-state index contributed by atoms with van der Waals surface area (Å²) in [4.78, 5) is 0. The zero-order chi connectivity index (χ0) is 6.91. The third kappa shape index (κ3) is 1.53. The number of hydrogen-bond donors (Lipinski definition) is 0. The van der Waals surface area contributed by atoms with E-state index in [2.05, 4.69) is 6.58 Å². The van der Waals surface area contributed by atoms with Gasteiger partial charge in [0.05, 0.1) is 6.61 Å². The second-order valence-corrected chi connectivity index (χ2v) is 2.60. The number of rotatable bonds is 1. The van der Waals surface area contributed by atoms with Gasteiger partial charge in [-0.3, -0.25) is 0 Å². The molecule has 0 spiro atoms. The minimum Gasteiger partial charge on any atom is -0.347 e. The van der Waals surface area contributed by atoms with Crippen LogP contribution in [-0.2, 0) is 9.47 Å². The minimum absolute atomic E-state index is 0.0833. The standard InChI is InChI=1S/C7H12O2/c1-4-6-5-8-7(2,3)9-6/h4,6H,1,5H2,2-3H3/t6-/m0/s1. The molecule has 52 valence electrons. The smallest absolute Gasteiger partial charge is 0.163 e. The van der Waals surface area contributed by atoms with Crippen LogP contribution in [0, 0.1) is 0 Å². The molecule has 2 nitrogen and oxygen atoms in total. The van der Waals surface area contributed by atoms with Gasteiger partial charge >= 0.3 is 0 Å². The van der Waals surface area contributed by atoms with Gasteiger partial charge in [0.1, 0.15) is 6.10 Å². The highest BCUT2D eigenvalue weighted by Crippen LogP contribution is 2.22. The molecular formula is C7H12O2. The van der Waals surface area contributed by atoms with Crippen molar-refractivity contribution in [2.24, 2.45) is 0 Å². The van der Waals surface area contributed by atoms with Crippen LogP contribution in [0.15, 0.2) is 12.7 Å². The molecule has 0 amide bonds. The van der Waals surface area contributed by atoms with Gasteiger partial charge in [-0.1, -0.05) is 6.08 Å². The largest absolute Gasteiger partial charge is 0.347 e. The summed E-state index contributed by atoms with van der Waals surface area (Å²) in [6.45, 7) is 8.04. The fourth-order valence-electron chi connectivity index (χ4n) is 0.832. The van der Waals surface area contributed by atoms with E-state index >= 15 is 0 Å². The molecule has 1 heterocycles. The highest BCUT2D eigenvalue weighted by Gasteiger charge is 2.30. The third-order valence-corrected chi connectivity index (χ3v) is 1.29. The van der Waals surface area contributed by atoms with Gasteiger partial charge in [0.15, 0.2) is 5.79 Å². The lowest BCUT2D eigenvalue weighted by Gasteiger charge is -2.15. The molecule has 0 aromatic rings. The molecule has 0 N–H and O–H groups in total. The molecular weight excluding hydrogens is 116 g/mol. The van der Waals surface area contributed by atoms with E-state index in [0.29, 0.717) is 6.61 Å². The lowest BCUT2D eigenvalue weighted by molar-refractivity contribution is -0.133. The molecule has 0 aromatic heterocycles. The second kappa shape index (κ2) is 2.12. The highest BCUT2D eigenvalue weighted by atomic mass is 16.7. The molecule has 0 bridgehead atoms. The van der Waals surface area contributed by atoms with Gasteiger partial charge in [-0.15, -0.1) is 6.58 Å². The lowest BCUT2D eigenvalue weighted by atomic mass is 10.4. The number of hydrogen-bond acceptors (Lipinski definition) is 2. The highest BCUT2D eigenvalue weighted by molar-refractivity contribution is 4.85. The molecule has 2 heteroatoms. The molecule has 0 radical (unpaired) electrons. The first-order chi connectivity index (χ1) is 4.14. The first kappa shape index (κ1) is 6.78. The van der Waals surface area contributed by atoms with Crippen LogP contribution >= 0.6 is 0 Å². The summed E-state index contributed by atoms with van der Waals surface area (Å²) in [6, 6.07) is 0. The first-order valence-corrected chi connectivity index (χ1v) is 3.08. The topological polar surface area (TPSA) is 18.5 Å². The van der Waals surface area contributed by atoms with Gasteiger partial charge in [-0.25, -0.2) is 0 Å². The van der Waals surface area contributed by atoms with Crippen LogP contribution < -0.4 is 0 Å². The summed E-state index contributed by atoms with van der Waals surface area (Å²) in [7, 11) is 0. The quantitative estimate of drug-likeness (QED) is 0.496. The lowest BCUT2D eigenvalue weighted by Crippen LogP contribution is -2.20. The molecule has 0 aliphatic carbocycles. The molecule has 9 heavy (non-hydrogen) atoms. The van der Waals surface area contributed by atoms with Crippen molar-refractivity contribution in [3.8, 4) is 0 Å². The van der Waals surface area contributed by atoms with Crippen LogP contribution in [0.1, 0.15) is 13.8 Å². The summed E-state index contributed by atoms with van der Waals surface area (Å²) in [5.74, 6) is -0.404. The molecule has 1 fully saturated rings. The van der Waals surface area contributed by atoms with E-state index in [9.17, 15) is 0 Å². The SMILES string of the molecule is C=C[C@H]1COC(C)(C)O1. The molecule has 1 aliphatic rings. The Labute approximate surface area is 55.5 Å². The van der Waals surface area contributed by atoms with Crippen LogP contribution in [0.2, 0.25) is 0 Å². The Morgan fingerprint density at radius 2 is 2.33 bits per heavy atom. The zero-order valence-corrected chi connectivity index (χ0v) is 5.89. The van der Waals surface area contributed by atoms with E-state index in [1.165, 1.54) is 0 Å². The summed E-state index contributed by atoms with van der Waals surface area (Å²) < 4.78 is 10.6. The Hall–Kier alpha value is -0.340. The zero-order valence-electron chi connectivity index (χ0n) is 5.89. The Bertz CT molecular complexity index is 118. The van der Waals surface area contributed by atoms with Crippen molar-refractivity contribution < 1.29 is 9.47 Å². The first-order valence-electron chi connectivity index (χ1n) is 3.08.